The summed E-state index contributed by atoms with van der Waals surface area (Å²) in [6.45, 7) is 10.7. The Bertz CT molecular complexity index is 367. The van der Waals surface area contributed by atoms with E-state index in [1.807, 2.05) is 19.9 Å². The molecule has 0 amide bonds. The van der Waals surface area contributed by atoms with Crippen LogP contribution in [0, 0.1) is 5.92 Å². The Labute approximate surface area is 160 Å². The standard InChI is InChI=1S/C9H15O3.3C4H9.Sn/c1-6(2)5-8(10)7(3)9(11)12-4;3*1-3-4-2;/h5,7-8,10H,3H2,1-2,4H3;3*1,3-4H2,2H3;. The second-order valence-electron chi connectivity index (χ2n) is 7.88. The normalized spacial score (nSPS) is 14.0. The van der Waals surface area contributed by atoms with E-state index >= 15 is 0 Å². The molecule has 0 aromatic rings. The summed E-state index contributed by atoms with van der Waals surface area (Å²) in [5.41, 5.74) is 1.05. The van der Waals surface area contributed by atoms with Crippen LogP contribution in [0.4, 0.5) is 0 Å². The first-order valence-corrected chi connectivity index (χ1v) is 18.3. The number of unbranched alkanes of at least 4 members (excludes halogenated alkanes) is 3. The molecule has 0 rings (SSSR count). The predicted molar refractivity (Wildman–Crippen MR) is 111 cm³/mol. The van der Waals surface area contributed by atoms with Crippen molar-refractivity contribution in [1.29, 1.82) is 0 Å². The number of aliphatic hydroxyl groups excluding tert-OH is 1. The topological polar surface area (TPSA) is 46.5 Å². The summed E-state index contributed by atoms with van der Waals surface area (Å²) in [4.78, 5) is 12.5. The van der Waals surface area contributed by atoms with E-state index in [0.717, 1.165) is 10.0 Å². The molecule has 3 nitrogen and oxygen atoms in total. The zero-order chi connectivity index (χ0) is 19.3. The quantitative estimate of drug-likeness (QED) is 0.198. The van der Waals surface area contributed by atoms with E-state index in [1.165, 1.54) is 58.9 Å². The average molecular weight is 461 g/mol. The van der Waals surface area contributed by atoms with Crippen molar-refractivity contribution >= 4 is 24.3 Å². The molecule has 0 saturated carbocycles. The Morgan fingerprint density at radius 2 is 1.44 bits per heavy atom. The van der Waals surface area contributed by atoms with Crippen molar-refractivity contribution in [3.8, 4) is 0 Å². The molecule has 0 bridgehead atoms. The van der Waals surface area contributed by atoms with Gasteiger partial charge in [-0.3, -0.25) is 0 Å². The third-order valence-corrected chi connectivity index (χ3v) is 21.1. The fourth-order valence-corrected chi connectivity index (χ4v) is 20.9. The van der Waals surface area contributed by atoms with Crippen molar-refractivity contribution in [3.05, 3.63) is 11.6 Å². The summed E-state index contributed by atoms with van der Waals surface area (Å²) >= 11 is -2.50. The van der Waals surface area contributed by atoms with E-state index < -0.39 is 24.5 Å². The first-order valence-electron chi connectivity index (χ1n) is 10.3. The molecule has 0 aliphatic rings. The van der Waals surface area contributed by atoms with Crippen LogP contribution >= 0.6 is 0 Å². The van der Waals surface area contributed by atoms with Crippen LogP contribution in [0.3, 0.4) is 0 Å². The Hall–Kier alpha value is -0.0313. The van der Waals surface area contributed by atoms with Gasteiger partial charge in [-0.25, -0.2) is 0 Å². The van der Waals surface area contributed by atoms with Crippen LogP contribution in [0.2, 0.25) is 17.7 Å². The monoisotopic (exact) mass is 462 g/mol. The molecule has 0 aliphatic heterocycles. The Balaban J connectivity index is 5.57. The van der Waals surface area contributed by atoms with Gasteiger partial charge >= 0.3 is 161 Å². The van der Waals surface area contributed by atoms with E-state index in [1.54, 1.807) is 0 Å². The van der Waals surface area contributed by atoms with Crippen molar-refractivity contribution < 1.29 is 14.6 Å². The van der Waals surface area contributed by atoms with Gasteiger partial charge in [0.2, 0.25) is 0 Å². The molecular weight excluding hydrogens is 419 g/mol. The van der Waals surface area contributed by atoms with Crippen molar-refractivity contribution in [2.24, 2.45) is 5.92 Å². The van der Waals surface area contributed by atoms with Crippen molar-refractivity contribution in [2.75, 3.05) is 7.11 Å². The van der Waals surface area contributed by atoms with Crippen LogP contribution in [0.5, 0.6) is 0 Å². The van der Waals surface area contributed by atoms with Gasteiger partial charge < -0.3 is 0 Å². The molecule has 1 N–H and O–H groups in total. The number of allylic oxidation sites excluding steroid dienone is 1. The van der Waals surface area contributed by atoms with E-state index in [0.29, 0.717) is 0 Å². The van der Waals surface area contributed by atoms with Gasteiger partial charge in [-0.1, -0.05) is 0 Å². The van der Waals surface area contributed by atoms with Gasteiger partial charge in [0.25, 0.3) is 0 Å². The number of methoxy groups -OCH3 is 1. The second-order valence-corrected chi connectivity index (χ2v) is 21.9. The summed E-state index contributed by atoms with van der Waals surface area (Å²) in [5, 5.41) is 10.7. The zero-order valence-electron chi connectivity index (χ0n) is 17.6. The molecule has 2 unspecified atom stereocenters. The third-order valence-electron chi connectivity index (χ3n) is 5.26. The first-order chi connectivity index (χ1) is 11.9. The van der Waals surface area contributed by atoms with Crippen LogP contribution in [0.15, 0.2) is 11.6 Å². The number of aliphatic hydroxyl groups is 1. The Morgan fingerprint density at radius 1 is 1.00 bits per heavy atom. The fourth-order valence-electron chi connectivity index (χ4n) is 3.76. The molecular formula is C21H42O3Sn. The molecule has 0 spiro atoms. The molecule has 0 radical (unpaired) electrons. The molecule has 0 aromatic heterocycles. The van der Waals surface area contributed by atoms with Gasteiger partial charge in [-0.05, 0) is 0 Å². The van der Waals surface area contributed by atoms with Gasteiger partial charge in [0.05, 0.1) is 0 Å². The third kappa shape index (κ3) is 10.0. The number of carbonyl (C=O) groups excluding carboxylic acids is 1. The number of hydrogen-bond acceptors (Lipinski definition) is 3. The van der Waals surface area contributed by atoms with Crippen LogP contribution in [-0.2, 0) is 9.53 Å². The molecule has 0 aliphatic carbocycles. The number of rotatable bonds is 14. The molecule has 4 heteroatoms. The number of carbonyl (C=O) groups is 1. The molecule has 0 aromatic carbocycles. The van der Waals surface area contributed by atoms with E-state index in [2.05, 4.69) is 20.8 Å². The second kappa shape index (κ2) is 14.1. The van der Waals surface area contributed by atoms with Crippen molar-refractivity contribution in [2.45, 2.75) is 97.0 Å². The molecule has 25 heavy (non-hydrogen) atoms. The van der Waals surface area contributed by atoms with Gasteiger partial charge in [-0.2, -0.15) is 0 Å². The summed E-state index contributed by atoms with van der Waals surface area (Å²) in [7, 11) is 1.45. The van der Waals surface area contributed by atoms with E-state index in [4.69, 9.17) is 4.74 Å². The van der Waals surface area contributed by atoms with Gasteiger partial charge in [0.1, 0.15) is 0 Å². The minimum absolute atomic E-state index is 0.226. The van der Waals surface area contributed by atoms with E-state index in [9.17, 15) is 9.90 Å². The molecule has 0 saturated heterocycles. The zero-order valence-corrected chi connectivity index (χ0v) is 20.4. The molecule has 0 fully saturated rings. The van der Waals surface area contributed by atoms with Crippen LogP contribution in [0.1, 0.15) is 73.1 Å². The number of ether oxygens (including phenoxy) is 1. The SMILES string of the molecule is CCC[CH2][Sn]([CH2]CCC)([CH2]CCC)[CH2]C(C(=O)OC)C(O)C=C(C)C. The first kappa shape index (κ1) is 25.0. The van der Waals surface area contributed by atoms with Crippen LogP contribution < -0.4 is 0 Å². The van der Waals surface area contributed by atoms with Crippen LogP contribution in [-0.4, -0.2) is 42.7 Å². The summed E-state index contributed by atoms with van der Waals surface area (Å²) in [6, 6.07) is 0. The van der Waals surface area contributed by atoms with Gasteiger partial charge in [0.15, 0.2) is 0 Å². The maximum atomic E-state index is 12.5. The Kier molecular flexibility index (Phi) is 14.1. The molecule has 0 heterocycles. The van der Waals surface area contributed by atoms with Crippen molar-refractivity contribution in [1.82, 2.24) is 0 Å². The summed E-state index contributed by atoms with van der Waals surface area (Å²) in [5.74, 6) is -0.600. The van der Waals surface area contributed by atoms with Gasteiger partial charge in [-0.15, -0.1) is 0 Å². The fraction of sp³-hybridized carbons (Fsp3) is 0.857. The summed E-state index contributed by atoms with van der Waals surface area (Å²) in [6.07, 6.45) is 8.60. The summed E-state index contributed by atoms with van der Waals surface area (Å²) < 4.78 is 10.1. The van der Waals surface area contributed by atoms with Crippen molar-refractivity contribution in [3.63, 3.8) is 0 Å². The predicted octanol–water partition coefficient (Wildman–Crippen LogP) is 5.95. The van der Waals surface area contributed by atoms with E-state index in [-0.39, 0.29) is 11.9 Å². The minimum atomic E-state index is -2.50. The number of hydrogen-bond donors (Lipinski definition) is 1. The molecule has 2 atom stereocenters. The van der Waals surface area contributed by atoms with Gasteiger partial charge in [0, 0.05) is 0 Å². The average Bonchev–Trinajstić information content (AvgIpc) is 2.59. The number of esters is 1. The molecule has 148 valence electrons. The Morgan fingerprint density at radius 3 is 1.76 bits per heavy atom. The van der Waals surface area contributed by atoms with Crippen LogP contribution in [0.25, 0.3) is 0 Å². The maximum absolute atomic E-state index is 12.5.